The summed E-state index contributed by atoms with van der Waals surface area (Å²) < 4.78 is 0. The molecule has 0 aromatic heterocycles. The van der Waals surface area contributed by atoms with E-state index in [9.17, 15) is 14.4 Å². The largest absolute Gasteiger partial charge is 0.341 e. The van der Waals surface area contributed by atoms with Crippen LogP contribution in [0.5, 0.6) is 0 Å². The summed E-state index contributed by atoms with van der Waals surface area (Å²) in [4.78, 5) is 42.8. The van der Waals surface area contributed by atoms with Crippen LogP contribution in [0.4, 0.5) is 17.1 Å². The summed E-state index contributed by atoms with van der Waals surface area (Å²) in [7, 11) is 0. The summed E-state index contributed by atoms with van der Waals surface area (Å²) >= 11 is 0. The summed E-state index contributed by atoms with van der Waals surface area (Å²) in [5.74, 6) is -0.551. The zero-order valence-corrected chi connectivity index (χ0v) is 20.2. The number of hydrogen-bond acceptors (Lipinski definition) is 4. The molecule has 1 N–H and O–H groups in total. The van der Waals surface area contributed by atoms with Gasteiger partial charge in [-0.3, -0.25) is 14.4 Å². The first-order chi connectivity index (χ1) is 17.5. The minimum atomic E-state index is -0.341. The van der Waals surface area contributed by atoms with Crippen molar-refractivity contribution in [1.29, 1.82) is 0 Å². The standard InChI is InChI=1S/C31H26N2O3/c1-20(2)19-33(22-13-7-4-8-14-22)26-18-17-25(32-31(36)21-11-5-3-6-12-21)27-28(26)30(35)24-16-10-9-15-23(24)29(27)34/h3-18,20H,19H2,1-2H3,(H,32,36). The van der Waals surface area contributed by atoms with Gasteiger partial charge in [-0.25, -0.2) is 0 Å². The maximum Gasteiger partial charge on any atom is 0.255 e. The number of carbonyl (C=O) groups is 3. The lowest BCUT2D eigenvalue weighted by Crippen LogP contribution is -2.29. The molecule has 1 aliphatic carbocycles. The SMILES string of the molecule is CC(C)CN(c1ccccc1)c1ccc(NC(=O)c2ccccc2)c2c1C(=O)c1ccccc1C2=O. The van der Waals surface area contributed by atoms with Gasteiger partial charge in [0, 0.05) is 28.9 Å². The molecule has 0 heterocycles. The number of nitrogens with zero attached hydrogens (tertiary/aromatic N) is 1. The number of amides is 1. The molecule has 0 radical (unpaired) electrons. The van der Waals surface area contributed by atoms with Gasteiger partial charge in [0.1, 0.15) is 0 Å². The van der Waals surface area contributed by atoms with Crippen LogP contribution in [0.3, 0.4) is 0 Å². The van der Waals surface area contributed by atoms with Crippen LogP contribution in [0.1, 0.15) is 56.0 Å². The zero-order chi connectivity index (χ0) is 25.2. The fourth-order valence-corrected chi connectivity index (χ4v) is 4.63. The third-order valence-corrected chi connectivity index (χ3v) is 6.24. The third-order valence-electron chi connectivity index (χ3n) is 6.24. The highest BCUT2D eigenvalue weighted by atomic mass is 16.2. The first-order valence-electron chi connectivity index (χ1n) is 12.0. The van der Waals surface area contributed by atoms with Gasteiger partial charge in [0.05, 0.1) is 22.5 Å². The summed E-state index contributed by atoms with van der Waals surface area (Å²) in [5.41, 5.74) is 3.63. The number of anilines is 3. The van der Waals surface area contributed by atoms with Crippen molar-refractivity contribution in [2.75, 3.05) is 16.8 Å². The van der Waals surface area contributed by atoms with Crippen molar-refractivity contribution in [1.82, 2.24) is 0 Å². The highest BCUT2D eigenvalue weighted by Crippen LogP contribution is 2.40. The van der Waals surface area contributed by atoms with Gasteiger partial charge < -0.3 is 10.2 Å². The van der Waals surface area contributed by atoms with Gasteiger partial charge in [-0.15, -0.1) is 0 Å². The molecule has 178 valence electrons. The molecule has 0 saturated heterocycles. The van der Waals surface area contributed by atoms with Crippen LogP contribution in [0, 0.1) is 5.92 Å². The van der Waals surface area contributed by atoms with E-state index in [4.69, 9.17) is 0 Å². The average molecular weight is 475 g/mol. The molecule has 0 bridgehead atoms. The molecule has 0 fully saturated rings. The predicted octanol–water partition coefficient (Wildman–Crippen LogP) is 6.51. The molecule has 0 unspecified atom stereocenters. The number of ketones is 2. The number of para-hydroxylation sites is 1. The molecule has 0 aliphatic heterocycles. The van der Waals surface area contributed by atoms with Crippen LogP contribution in [0.15, 0.2) is 97.1 Å². The maximum atomic E-state index is 13.9. The fourth-order valence-electron chi connectivity index (χ4n) is 4.63. The Balaban J connectivity index is 1.71. The van der Waals surface area contributed by atoms with E-state index in [1.807, 2.05) is 42.5 Å². The van der Waals surface area contributed by atoms with E-state index in [2.05, 4.69) is 24.1 Å². The molecule has 0 atom stereocenters. The Bertz CT molecular complexity index is 1460. The molecule has 1 amide bonds. The molecule has 36 heavy (non-hydrogen) atoms. The molecular weight excluding hydrogens is 448 g/mol. The quantitative estimate of drug-likeness (QED) is 0.305. The predicted molar refractivity (Wildman–Crippen MR) is 142 cm³/mol. The Labute approximate surface area is 210 Å². The van der Waals surface area contributed by atoms with E-state index >= 15 is 0 Å². The Morgan fingerprint density at radius 1 is 0.722 bits per heavy atom. The van der Waals surface area contributed by atoms with E-state index in [0.717, 1.165) is 5.69 Å². The maximum absolute atomic E-state index is 13.9. The zero-order valence-electron chi connectivity index (χ0n) is 20.2. The van der Waals surface area contributed by atoms with Gasteiger partial charge in [-0.2, -0.15) is 0 Å². The molecule has 0 saturated carbocycles. The van der Waals surface area contributed by atoms with Crippen LogP contribution in [-0.4, -0.2) is 24.0 Å². The summed E-state index contributed by atoms with van der Waals surface area (Å²) in [6.07, 6.45) is 0. The van der Waals surface area contributed by atoms with Crippen molar-refractivity contribution < 1.29 is 14.4 Å². The Morgan fingerprint density at radius 2 is 1.28 bits per heavy atom. The Hall–Kier alpha value is -4.51. The second-order valence-electron chi connectivity index (χ2n) is 9.25. The fraction of sp³-hybridized carbons (Fsp3) is 0.129. The van der Waals surface area contributed by atoms with Crippen LogP contribution < -0.4 is 10.2 Å². The van der Waals surface area contributed by atoms with E-state index in [1.165, 1.54) is 0 Å². The number of hydrogen-bond donors (Lipinski definition) is 1. The lowest BCUT2D eigenvalue weighted by molar-refractivity contribution is 0.0979. The van der Waals surface area contributed by atoms with Crippen molar-refractivity contribution in [3.8, 4) is 0 Å². The summed E-state index contributed by atoms with van der Waals surface area (Å²) in [6, 6.07) is 29.0. The van der Waals surface area contributed by atoms with Crippen molar-refractivity contribution in [2.45, 2.75) is 13.8 Å². The number of fused-ring (bicyclic) bond motifs is 2. The molecule has 5 rings (SSSR count). The second kappa shape index (κ2) is 9.62. The Kier molecular flexibility index (Phi) is 6.21. The lowest BCUT2D eigenvalue weighted by atomic mass is 9.82. The smallest absolute Gasteiger partial charge is 0.255 e. The van der Waals surface area contributed by atoms with Gasteiger partial charge >= 0.3 is 0 Å². The minimum Gasteiger partial charge on any atom is -0.341 e. The van der Waals surface area contributed by atoms with E-state index in [-0.39, 0.29) is 23.0 Å². The Morgan fingerprint density at radius 3 is 1.89 bits per heavy atom. The minimum absolute atomic E-state index is 0.226. The molecule has 0 spiro atoms. The molecule has 5 heteroatoms. The third kappa shape index (κ3) is 4.20. The van der Waals surface area contributed by atoms with Gasteiger partial charge in [0.15, 0.2) is 11.6 Å². The van der Waals surface area contributed by atoms with Crippen molar-refractivity contribution in [3.05, 3.63) is 125 Å². The summed E-state index contributed by atoms with van der Waals surface area (Å²) in [5, 5.41) is 2.88. The van der Waals surface area contributed by atoms with Gasteiger partial charge in [-0.05, 0) is 42.3 Å². The highest BCUT2D eigenvalue weighted by Gasteiger charge is 2.35. The normalized spacial score (nSPS) is 12.2. The van der Waals surface area contributed by atoms with Gasteiger partial charge in [0.25, 0.3) is 5.91 Å². The number of rotatable bonds is 6. The van der Waals surface area contributed by atoms with E-state index in [0.29, 0.717) is 46.1 Å². The van der Waals surface area contributed by atoms with Crippen LogP contribution in [0.2, 0.25) is 0 Å². The average Bonchev–Trinajstić information content (AvgIpc) is 2.91. The monoisotopic (exact) mass is 474 g/mol. The molecule has 4 aromatic rings. The molecular formula is C31H26N2O3. The van der Waals surface area contributed by atoms with Crippen LogP contribution >= 0.6 is 0 Å². The number of benzene rings is 4. The second-order valence-corrected chi connectivity index (χ2v) is 9.25. The van der Waals surface area contributed by atoms with Crippen LogP contribution in [0.25, 0.3) is 0 Å². The van der Waals surface area contributed by atoms with Crippen molar-refractivity contribution in [3.63, 3.8) is 0 Å². The van der Waals surface area contributed by atoms with Crippen LogP contribution in [-0.2, 0) is 0 Å². The first kappa shape index (κ1) is 23.2. The van der Waals surface area contributed by atoms with E-state index < -0.39 is 0 Å². The van der Waals surface area contributed by atoms with E-state index in [1.54, 1.807) is 54.6 Å². The molecule has 4 aromatic carbocycles. The molecule has 5 nitrogen and oxygen atoms in total. The molecule has 1 aliphatic rings. The lowest BCUT2D eigenvalue weighted by Gasteiger charge is -2.31. The summed E-state index contributed by atoms with van der Waals surface area (Å²) in [6.45, 7) is 4.87. The van der Waals surface area contributed by atoms with Crippen molar-refractivity contribution in [2.24, 2.45) is 5.92 Å². The number of nitrogens with one attached hydrogen (secondary N) is 1. The number of carbonyl (C=O) groups excluding carboxylic acids is 3. The first-order valence-corrected chi connectivity index (χ1v) is 12.0. The van der Waals surface area contributed by atoms with Crippen molar-refractivity contribution >= 4 is 34.5 Å². The van der Waals surface area contributed by atoms with Gasteiger partial charge in [-0.1, -0.05) is 74.5 Å². The topological polar surface area (TPSA) is 66.5 Å². The highest BCUT2D eigenvalue weighted by molar-refractivity contribution is 6.32. The van der Waals surface area contributed by atoms with Gasteiger partial charge in [0.2, 0.25) is 0 Å².